The van der Waals surface area contributed by atoms with Gasteiger partial charge in [-0.15, -0.1) is 11.3 Å². The summed E-state index contributed by atoms with van der Waals surface area (Å²) in [7, 11) is 1.38. The van der Waals surface area contributed by atoms with E-state index in [0.29, 0.717) is 29.6 Å². The van der Waals surface area contributed by atoms with E-state index in [9.17, 15) is 9.59 Å². The number of rotatable bonds is 5. The zero-order valence-corrected chi connectivity index (χ0v) is 16.2. The summed E-state index contributed by atoms with van der Waals surface area (Å²) in [6.07, 6.45) is 1.12. The van der Waals surface area contributed by atoms with Gasteiger partial charge in [-0.25, -0.2) is 4.79 Å². The van der Waals surface area contributed by atoms with Gasteiger partial charge in [-0.3, -0.25) is 9.69 Å². The monoisotopic (exact) mass is 393 g/mol. The molecule has 0 saturated carbocycles. The molecule has 7 heteroatoms. The molecule has 1 aromatic heterocycles. The highest BCUT2D eigenvalue weighted by Gasteiger charge is 2.33. The Balaban J connectivity index is 1.86. The lowest BCUT2D eigenvalue weighted by molar-refractivity contribution is -0.147. The van der Waals surface area contributed by atoms with Gasteiger partial charge < -0.3 is 9.47 Å². The molecule has 1 aromatic carbocycles. The van der Waals surface area contributed by atoms with Crippen molar-refractivity contribution in [3.05, 3.63) is 51.4 Å². The SMILES string of the molecule is CCC(=O)Oc1cc2c(s1)CCN(C(C(=O)OC)c1ccccc1Cl)C2. The highest BCUT2D eigenvalue weighted by molar-refractivity contribution is 7.14. The molecular weight excluding hydrogens is 374 g/mol. The molecule has 0 aliphatic carbocycles. The average molecular weight is 394 g/mol. The third kappa shape index (κ3) is 3.92. The summed E-state index contributed by atoms with van der Waals surface area (Å²) < 4.78 is 10.4. The topological polar surface area (TPSA) is 55.8 Å². The molecule has 2 aromatic rings. The summed E-state index contributed by atoms with van der Waals surface area (Å²) in [4.78, 5) is 27.2. The Hall–Kier alpha value is -1.89. The number of halogens is 1. The lowest BCUT2D eigenvalue weighted by atomic mass is 10.0. The number of ether oxygens (including phenoxy) is 2. The fourth-order valence-corrected chi connectivity index (χ4v) is 4.33. The molecule has 0 fully saturated rings. The van der Waals surface area contributed by atoms with Crippen LogP contribution in [-0.2, 0) is 27.3 Å². The van der Waals surface area contributed by atoms with Crippen molar-refractivity contribution in [1.82, 2.24) is 4.90 Å². The number of methoxy groups -OCH3 is 1. The fraction of sp³-hybridized carbons (Fsp3) is 0.368. The van der Waals surface area contributed by atoms with E-state index in [2.05, 4.69) is 0 Å². The van der Waals surface area contributed by atoms with Gasteiger partial charge in [-0.2, -0.15) is 0 Å². The van der Waals surface area contributed by atoms with Crippen molar-refractivity contribution in [2.45, 2.75) is 32.4 Å². The van der Waals surface area contributed by atoms with Gasteiger partial charge in [0, 0.05) is 29.4 Å². The van der Waals surface area contributed by atoms with Crippen LogP contribution >= 0.6 is 22.9 Å². The van der Waals surface area contributed by atoms with Crippen LogP contribution in [0.2, 0.25) is 5.02 Å². The molecule has 138 valence electrons. The minimum atomic E-state index is -0.566. The van der Waals surface area contributed by atoms with Crippen LogP contribution in [0.15, 0.2) is 30.3 Å². The van der Waals surface area contributed by atoms with Crippen molar-refractivity contribution in [3.63, 3.8) is 0 Å². The van der Waals surface area contributed by atoms with Gasteiger partial charge in [-0.05, 0) is 29.7 Å². The van der Waals surface area contributed by atoms with Crippen molar-refractivity contribution in [1.29, 1.82) is 0 Å². The molecule has 1 atom stereocenters. The molecule has 0 spiro atoms. The number of benzene rings is 1. The highest BCUT2D eigenvalue weighted by atomic mass is 35.5. The molecule has 3 rings (SSSR count). The van der Waals surface area contributed by atoms with Crippen LogP contribution in [0.1, 0.15) is 35.4 Å². The second-order valence-electron chi connectivity index (χ2n) is 6.01. The van der Waals surface area contributed by atoms with Crippen LogP contribution in [-0.4, -0.2) is 30.5 Å². The minimum Gasteiger partial charge on any atom is -0.468 e. The third-order valence-corrected chi connectivity index (χ3v) is 5.83. The maximum Gasteiger partial charge on any atom is 0.327 e. The van der Waals surface area contributed by atoms with Crippen molar-refractivity contribution >= 4 is 34.9 Å². The number of carbonyl (C=O) groups is 2. The maximum absolute atomic E-state index is 12.5. The minimum absolute atomic E-state index is 0.246. The molecule has 0 amide bonds. The van der Waals surface area contributed by atoms with Crippen LogP contribution < -0.4 is 4.74 Å². The number of thiophene rings is 1. The van der Waals surface area contributed by atoms with Gasteiger partial charge in [0.25, 0.3) is 0 Å². The molecule has 0 radical (unpaired) electrons. The zero-order valence-electron chi connectivity index (χ0n) is 14.7. The molecule has 1 unspecified atom stereocenters. The Kier molecular flexibility index (Phi) is 5.96. The van der Waals surface area contributed by atoms with Gasteiger partial charge >= 0.3 is 11.9 Å². The van der Waals surface area contributed by atoms with Crippen molar-refractivity contribution in [3.8, 4) is 5.06 Å². The molecule has 2 heterocycles. The van der Waals surface area contributed by atoms with E-state index in [1.54, 1.807) is 13.0 Å². The first-order chi connectivity index (χ1) is 12.5. The summed E-state index contributed by atoms with van der Waals surface area (Å²) in [5.74, 6) is -0.585. The van der Waals surface area contributed by atoms with Gasteiger partial charge in [0.15, 0.2) is 5.06 Å². The molecule has 0 bridgehead atoms. The highest BCUT2D eigenvalue weighted by Crippen LogP contribution is 2.37. The van der Waals surface area contributed by atoms with Crippen LogP contribution in [0.5, 0.6) is 5.06 Å². The Morgan fingerprint density at radius 3 is 2.81 bits per heavy atom. The Labute approximate surface area is 161 Å². The standard InChI is InChI=1S/C19H20ClNO4S/c1-3-16(22)25-17-10-12-11-21(9-8-15(12)26-17)18(19(23)24-2)13-6-4-5-7-14(13)20/h4-7,10,18H,3,8-9,11H2,1-2H3. The lowest BCUT2D eigenvalue weighted by Crippen LogP contribution is -2.38. The summed E-state index contributed by atoms with van der Waals surface area (Å²) in [5.41, 5.74) is 1.80. The molecule has 0 N–H and O–H groups in total. The Bertz CT molecular complexity index is 820. The lowest BCUT2D eigenvalue weighted by Gasteiger charge is -2.33. The van der Waals surface area contributed by atoms with Gasteiger partial charge in [-0.1, -0.05) is 36.7 Å². The van der Waals surface area contributed by atoms with Gasteiger partial charge in [0.05, 0.1) is 7.11 Å². The fourth-order valence-electron chi connectivity index (χ4n) is 3.06. The van der Waals surface area contributed by atoms with Crippen LogP contribution in [0, 0.1) is 0 Å². The quantitative estimate of drug-likeness (QED) is 0.719. The Morgan fingerprint density at radius 1 is 1.35 bits per heavy atom. The van der Waals surface area contributed by atoms with Gasteiger partial charge in [0.1, 0.15) is 6.04 Å². The number of nitrogens with zero attached hydrogens (tertiary/aromatic N) is 1. The summed E-state index contributed by atoms with van der Waals surface area (Å²) >= 11 is 7.82. The number of hydrogen-bond acceptors (Lipinski definition) is 6. The first-order valence-electron chi connectivity index (χ1n) is 8.42. The largest absolute Gasteiger partial charge is 0.468 e. The molecule has 5 nitrogen and oxygen atoms in total. The van der Waals surface area contributed by atoms with E-state index in [-0.39, 0.29) is 11.9 Å². The Morgan fingerprint density at radius 2 is 2.12 bits per heavy atom. The van der Waals surface area contributed by atoms with Crippen LogP contribution in [0.3, 0.4) is 0 Å². The van der Waals surface area contributed by atoms with E-state index in [0.717, 1.165) is 17.5 Å². The van der Waals surface area contributed by atoms with Crippen LogP contribution in [0.4, 0.5) is 0 Å². The summed E-state index contributed by atoms with van der Waals surface area (Å²) in [5, 5.41) is 1.15. The van der Waals surface area contributed by atoms with Crippen molar-refractivity contribution in [2.24, 2.45) is 0 Å². The number of hydrogen-bond donors (Lipinski definition) is 0. The number of carbonyl (C=O) groups excluding carboxylic acids is 2. The average Bonchev–Trinajstić information content (AvgIpc) is 3.04. The van der Waals surface area contributed by atoms with E-state index >= 15 is 0 Å². The smallest absolute Gasteiger partial charge is 0.327 e. The van der Waals surface area contributed by atoms with E-state index in [1.807, 2.05) is 29.2 Å². The second-order valence-corrected chi connectivity index (χ2v) is 7.52. The second kappa shape index (κ2) is 8.20. The zero-order chi connectivity index (χ0) is 18.7. The van der Waals surface area contributed by atoms with Crippen molar-refractivity contribution in [2.75, 3.05) is 13.7 Å². The molecule has 1 aliphatic heterocycles. The van der Waals surface area contributed by atoms with E-state index < -0.39 is 6.04 Å². The molecular formula is C19H20ClNO4S. The first kappa shape index (κ1) is 18.9. The maximum atomic E-state index is 12.5. The normalized spacial score (nSPS) is 15.2. The molecule has 1 aliphatic rings. The number of esters is 2. The van der Waals surface area contributed by atoms with Crippen LogP contribution in [0.25, 0.3) is 0 Å². The van der Waals surface area contributed by atoms with Crippen molar-refractivity contribution < 1.29 is 19.1 Å². The predicted molar refractivity (Wildman–Crippen MR) is 101 cm³/mol. The molecule has 0 saturated heterocycles. The summed E-state index contributed by atoms with van der Waals surface area (Å²) in [6, 6.07) is 8.64. The van der Waals surface area contributed by atoms with Gasteiger partial charge in [0.2, 0.25) is 0 Å². The number of fused-ring (bicyclic) bond motifs is 1. The third-order valence-electron chi connectivity index (χ3n) is 4.37. The van der Waals surface area contributed by atoms with E-state index in [1.165, 1.54) is 23.3 Å². The van der Waals surface area contributed by atoms with E-state index in [4.69, 9.17) is 21.1 Å². The molecule has 26 heavy (non-hydrogen) atoms. The predicted octanol–water partition coefficient (Wildman–Crippen LogP) is 3.99. The first-order valence-corrected chi connectivity index (χ1v) is 9.61. The summed E-state index contributed by atoms with van der Waals surface area (Å²) in [6.45, 7) is 3.03.